The molecule has 0 radical (unpaired) electrons. The zero-order valence-electron chi connectivity index (χ0n) is 22.5. The van der Waals surface area contributed by atoms with Crippen LogP contribution in [0.15, 0.2) is 123 Å². The minimum absolute atomic E-state index is 0. The van der Waals surface area contributed by atoms with Crippen molar-refractivity contribution in [2.24, 2.45) is 0 Å². The Hall–Kier alpha value is -1.96. The largest absolute Gasteiger partial charge is 0.147 e. The maximum Gasteiger partial charge on any atom is -0.147 e. The third-order valence-corrected chi connectivity index (χ3v) is 15.1. The molecule has 0 aromatic heterocycles. The van der Waals surface area contributed by atoms with Gasteiger partial charge >= 0.3 is 223 Å². The first-order valence-corrected chi connectivity index (χ1v) is 25.0. The Labute approximate surface area is 245 Å². The molecule has 0 fully saturated rings. The summed E-state index contributed by atoms with van der Waals surface area (Å²) < 4.78 is 6.82. The van der Waals surface area contributed by atoms with E-state index in [2.05, 4.69) is 139 Å². The Kier molecular flexibility index (Phi) is 8.33. The van der Waals surface area contributed by atoms with E-state index >= 15 is 0 Å². The van der Waals surface area contributed by atoms with E-state index in [-0.39, 0.29) is 36.1 Å². The fourth-order valence-electron chi connectivity index (χ4n) is 6.71. The van der Waals surface area contributed by atoms with E-state index in [9.17, 15) is 0 Å². The van der Waals surface area contributed by atoms with Crippen molar-refractivity contribution < 1.29 is 18.9 Å². The van der Waals surface area contributed by atoms with Crippen LogP contribution >= 0.6 is 24.8 Å². The summed E-state index contributed by atoms with van der Waals surface area (Å²) in [5.41, 5.74) is 12.4. The van der Waals surface area contributed by atoms with Gasteiger partial charge in [-0.05, 0) is 0 Å². The second-order valence-corrected chi connectivity index (χ2v) is 32.2. The fourth-order valence-corrected chi connectivity index (χ4v) is 14.6. The number of aryl methyl sites for hydroxylation is 1. The van der Waals surface area contributed by atoms with Gasteiger partial charge in [-0.3, -0.25) is 0 Å². The summed E-state index contributed by atoms with van der Waals surface area (Å²) in [6, 6.07) is 29.4. The Morgan fingerprint density at radius 3 is 2.13 bits per heavy atom. The van der Waals surface area contributed by atoms with Crippen molar-refractivity contribution in [3.63, 3.8) is 0 Å². The molecule has 0 amide bonds. The van der Waals surface area contributed by atoms with Crippen molar-refractivity contribution >= 4 is 43.3 Å². The smallest absolute Gasteiger partial charge is 0.147 e. The van der Waals surface area contributed by atoms with Crippen molar-refractivity contribution in [2.45, 2.75) is 34.4 Å². The van der Waals surface area contributed by atoms with Gasteiger partial charge in [-0.2, -0.15) is 0 Å². The van der Waals surface area contributed by atoms with Crippen LogP contribution in [0.2, 0.25) is 9.26 Å². The average molecular weight is 634 g/mol. The average Bonchev–Trinajstić information content (AvgIpc) is 3.42. The summed E-state index contributed by atoms with van der Waals surface area (Å²) >= 11 is -2.35. The van der Waals surface area contributed by atoms with E-state index in [0.29, 0.717) is 0 Å². The van der Waals surface area contributed by atoms with E-state index in [1.54, 1.807) is 3.28 Å². The van der Waals surface area contributed by atoms with Gasteiger partial charge in [0.15, 0.2) is 0 Å². The third kappa shape index (κ3) is 4.58. The van der Waals surface area contributed by atoms with Crippen molar-refractivity contribution in [3.05, 3.63) is 151 Å². The molecule has 3 aliphatic carbocycles. The molecule has 193 valence electrons. The normalized spacial score (nSPS) is 21.5. The maximum absolute atomic E-state index is 2.56. The zero-order valence-corrected chi connectivity index (χ0v) is 28.0. The van der Waals surface area contributed by atoms with Crippen LogP contribution in [0.5, 0.6) is 0 Å². The molecule has 0 N–H and O–H groups in total. The van der Waals surface area contributed by atoms with Crippen LogP contribution in [-0.4, -0.2) is 6.88 Å². The molecule has 6 rings (SSSR count). The predicted octanol–water partition coefficient (Wildman–Crippen LogP) is 8.92. The molecule has 0 saturated carbocycles. The second-order valence-electron chi connectivity index (χ2n) is 11.2. The molecule has 3 aromatic carbocycles. The van der Waals surface area contributed by atoms with Crippen molar-refractivity contribution in [1.82, 2.24) is 0 Å². The first-order chi connectivity index (χ1) is 17.3. The van der Waals surface area contributed by atoms with E-state index in [1.165, 1.54) is 50.1 Å². The van der Waals surface area contributed by atoms with Gasteiger partial charge in [0.25, 0.3) is 0 Å². The van der Waals surface area contributed by atoms with Crippen molar-refractivity contribution in [3.8, 4) is 0 Å². The van der Waals surface area contributed by atoms with Gasteiger partial charge in [0.2, 0.25) is 0 Å². The van der Waals surface area contributed by atoms with E-state index < -0.39 is 18.9 Å². The van der Waals surface area contributed by atoms with Gasteiger partial charge in [0, 0.05) is 0 Å². The number of hydrogen-bond acceptors (Lipinski definition) is 0. The zero-order chi connectivity index (χ0) is 25.1. The van der Waals surface area contributed by atoms with Gasteiger partial charge in [0.05, 0.1) is 0 Å². The summed E-state index contributed by atoms with van der Waals surface area (Å²) in [4.78, 5) is 0. The SMILES string of the molecule is CC1=[C]([Zr]([CH3])([CH3])=[SiH2])C2=CC=CC(c3ccccc3)(C3C(c4ccc(C)cc4)=Cc4ccccc43)C2=C1.Cl.Cl. The van der Waals surface area contributed by atoms with Gasteiger partial charge in [-0.15, -0.1) is 24.8 Å². The summed E-state index contributed by atoms with van der Waals surface area (Å²) in [5.74, 6) is 0.203. The number of allylic oxidation sites excluding steroid dienone is 9. The maximum atomic E-state index is 2.56. The van der Waals surface area contributed by atoms with E-state index in [1.807, 2.05) is 0 Å². The van der Waals surface area contributed by atoms with Crippen molar-refractivity contribution in [2.75, 3.05) is 0 Å². The molecular weight excluding hydrogens is 599 g/mol. The Morgan fingerprint density at radius 1 is 0.789 bits per heavy atom. The van der Waals surface area contributed by atoms with Gasteiger partial charge in [0.1, 0.15) is 0 Å². The fraction of sp³-hybridized carbons (Fsp3) is 0.176. The summed E-state index contributed by atoms with van der Waals surface area (Å²) in [5, 5.41) is 0. The minimum atomic E-state index is -2.35. The topological polar surface area (TPSA) is 0 Å². The first-order valence-electron chi connectivity index (χ1n) is 12.9. The number of benzene rings is 3. The Bertz CT molecular complexity index is 1580. The summed E-state index contributed by atoms with van der Waals surface area (Å²) in [6.07, 6.45) is 12.2. The molecule has 0 heterocycles. The molecule has 2 unspecified atom stereocenters. The van der Waals surface area contributed by atoms with E-state index in [0.717, 1.165) is 0 Å². The predicted molar refractivity (Wildman–Crippen MR) is 169 cm³/mol. The van der Waals surface area contributed by atoms with Crippen LogP contribution in [-0.2, 0) is 24.3 Å². The quantitative estimate of drug-likeness (QED) is 0.252. The summed E-state index contributed by atoms with van der Waals surface area (Å²) in [7, 11) is 0. The number of rotatable bonds is 4. The first kappa shape index (κ1) is 29.0. The Balaban J connectivity index is 0.00000168. The molecule has 0 bridgehead atoms. The van der Waals surface area contributed by atoms with Crippen LogP contribution in [0.1, 0.15) is 40.7 Å². The van der Waals surface area contributed by atoms with Crippen LogP contribution in [0.25, 0.3) is 11.6 Å². The molecular formula is C34H35Cl2SiZr. The van der Waals surface area contributed by atoms with Crippen molar-refractivity contribution in [1.29, 1.82) is 0 Å². The van der Waals surface area contributed by atoms with Gasteiger partial charge in [-0.25, -0.2) is 0 Å². The molecule has 0 saturated heterocycles. The van der Waals surface area contributed by atoms with Crippen LogP contribution in [0.3, 0.4) is 0 Å². The van der Waals surface area contributed by atoms with E-state index in [4.69, 9.17) is 0 Å². The molecule has 38 heavy (non-hydrogen) atoms. The summed E-state index contributed by atoms with van der Waals surface area (Å²) in [6.45, 7) is 6.83. The third-order valence-electron chi connectivity index (χ3n) is 8.08. The van der Waals surface area contributed by atoms with Crippen LogP contribution in [0, 0.1) is 6.92 Å². The van der Waals surface area contributed by atoms with Crippen LogP contribution in [0.4, 0.5) is 0 Å². The Morgan fingerprint density at radius 2 is 1.45 bits per heavy atom. The minimum Gasteiger partial charge on any atom is -0.147 e. The molecule has 3 aromatic rings. The standard InChI is InChI=1S/C32H25.2CH3.2ClH.H2Si.Zr/c1-22-14-16-24(17-15-22)29-21-25-9-6-7-13-28(25)31(29)32(27-11-4-3-5-12-27)18-8-10-26-19-23(2)20-30(26)32;;;;;;/h3-18,20-21,31H,1-2H3;2*1H3;2*1H;1H2;. The number of hydrogen-bond donors (Lipinski definition) is 0. The molecule has 2 atom stereocenters. The number of halogens is 2. The van der Waals surface area contributed by atoms with Gasteiger partial charge in [-0.1, -0.05) is 0 Å². The monoisotopic (exact) mass is 631 g/mol. The molecule has 0 nitrogen and oxygen atoms in total. The molecule has 4 heteroatoms. The molecule has 0 aliphatic heterocycles. The number of fused-ring (bicyclic) bond motifs is 2. The van der Waals surface area contributed by atoms with Crippen LogP contribution < -0.4 is 0 Å². The second kappa shape index (κ2) is 10.9. The molecule has 0 spiro atoms. The molecule has 3 aliphatic rings. The van der Waals surface area contributed by atoms with Gasteiger partial charge < -0.3 is 0 Å².